The van der Waals surface area contributed by atoms with Crippen molar-refractivity contribution in [2.24, 2.45) is 0 Å². The highest BCUT2D eigenvalue weighted by Crippen LogP contribution is 2.26. The quantitative estimate of drug-likeness (QED) is 0.855. The third-order valence-electron chi connectivity index (χ3n) is 3.19. The lowest BCUT2D eigenvalue weighted by molar-refractivity contribution is 0.498. The lowest BCUT2D eigenvalue weighted by Crippen LogP contribution is -2.24. The molecule has 0 aliphatic heterocycles. The van der Waals surface area contributed by atoms with Gasteiger partial charge in [-0.15, -0.1) is 0 Å². The molecule has 1 N–H and O–H groups in total. The average molecular weight is 296 g/mol. The topological polar surface area (TPSA) is 12.0 Å². The van der Waals surface area contributed by atoms with Crippen LogP contribution >= 0.6 is 11.6 Å². The van der Waals surface area contributed by atoms with Crippen molar-refractivity contribution < 1.29 is 8.78 Å². The van der Waals surface area contributed by atoms with E-state index in [2.05, 4.69) is 5.32 Å². The highest BCUT2D eigenvalue weighted by atomic mass is 35.5. The van der Waals surface area contributed by atoms with Gasteiger partial charge in [-0.2, -0.15) is 0 Å². The van der Waals surface area contributed by atoms with Gasteiger partial charge >= 0.3 is 0 Å². The molecule has 0 bridgehead atoms. The van der Waals surface area contributed by atoms with Crippen molar-refractivity contribution in [3.8, 4) is 0 Å². The van der Waals surface area contributed by atoms with Gasteiger partial charge in [-0.25, -0.2) is 8.78 Å². The van der Waals surface area contributed by atoms with E-state index in [4.69, 9.17) is 11.6 Å². The molecule has 0 aromatic heterocycles. The predicted octanol–water partition coefficient (Wildman–Crippen LogP) is 4.51. The molecule has 0 saturated carbocycles. The molecule has 1 atom stereocenters. The molecule has 0 saturated heterocycles. The van der Waals surface area contributed by atoms with Crippen LogP contribution in [0.2, 0.25) is 5.02 Å². The number of halogens is 3. The lowest BCUT2D eigenvalue weighted by Gasteiger charge is -2.20. The van der Waals surface area contributed by atoms with Gasteiger partial charge in [0.25, 0.3) is 0 Å². The Morgan fingerprint density at radius 1 is 1.10 bits per heavy atom. The minimum atomic E-state index is -0.448. The van der Waals surface area contributed by atoms with Gasteiger partial charge in [0.2, 0.25) is 0 Å². The first kappa shape index (κ1) is 14.9. The van der Waals surface area contributed by atoms with Gasteiger partial charge in [0.15, 0.2) is 0 Å². The van der Waals surface area contributed by atoms with Crippen LogP contribution in [0.4, 0.5) is 8.78 Å². The number of benzene rings is 2. The van der Waals surface area contributed by atoms with Gasteiger partial charge < -0.3 is 5.32 Å². The van der Waals surface area contributed by atoms with Crippen LogP contribution in [0, 0.1) is 11.6 Å². The number of nitrogens with one attached hydrogen (secondary N) is 1. The predicted molar refractivity (Wildman–Crippen MR) is 77.9 cm³/mol. The van der Waals surface area contributed by atoms with Gasteiger partial charge in [-0.1, -0.05) is 48.9 Å². The fourth-order valence-electron chi connectivity index (χ4n) is 2.21. The molecule has 2 aromatic carbocycles. The first-order valence-corrected chi connectivity index (χ1v) is 6.92. The van der Waals surface area contributed by atoms with Crippen LogP contribution in [0.15, 0.2) is 42.5 Å². The molecule has 0 radical (unpaired) electrons. The Balaban J connectivity index is 2.32. The Hall–Kier alpha value is -1.45. The van der Waals surface area contributed by atoms with Crippen LogP contribution in [-0.4, -0.2) is 6.54 Å². The molecule has 0 fully saturated rings. The van der Waals surface area contributed by atoms with E-state index in [9.17, 15) is 8.78 Å². The van der Waals surface area contributed by atoms with Crippen LogP contribution in [0.25, 0.3) is 0 Å². The molecular weight excluding hydrogens is 280 g/mol. The maximum atomic E-state index is 14.1. The van der Waals surface area contributed by atoms with Crippen molar-refractivity contribution in [3.63, 3.8) is 0 Å². The Labute approximate surface area is 122 Å². The number of hydrogen-bond acceptors (Lipinski definition) is 1. The monoisotopic (exact) mass is 295 g/mol. The molecular formula is C16H16ClF2N. The van der Waals surface area contributed by atoms with Crippen LogP contribution in [-0.2, 0) is 6.42 Å². The Morgan fingerprint density at radius 2 is 1.85 bits per heavy atom. The van der Waals surface area contributed by atoms with Crippen molar-refractivity contribution in [2.75, 3.05) is 6.54 Å². The molecule has 0 aliphatic rings. The van der Waals surface area contributed by atoms with Gasteiger partial charge in [-0.3, -0.25) is 0 Å². The molecule has 4 heteroatoms. The Bertz CT molecular complexity index is 586. The van der Waals surface area contributed by atoms with Crippen LogP contribution in [0.3, 0.4) is 0 Å². The summed E-state index contributed by atoms with van der Waals surface area (Å²) in [5.41, 5.74) is 1.01. The second kappa shape index (κ2) is 6.82. The average Bonchev–Trinajstić information content (AvgIpc) is 2.44. The summed E-state index contributed by atoms with van der Waals surface area (Å²) in [5, 5.41) is 3.26. The summed E-state index contributed by atoms with van der Waals surface area (Å²) in [6.45, 7) is 2.59. The van der Waals surface area contributed by atoms with Gasteiger partial charge in [0.1, 0.15) is 11.6 Å². The largest absolute Gasteiger partial charge is 0.310 e. The SMILES string of the molecule is CCNC(Cc1ccccc1F)c1cccc(Cl)c1F. The molecule has 0 heterocycles. The van der Waals surface area contributed by atoms with E-state index in [1.807, 2.05) is 6.92 Å². The summed E-state index contributed by atoms with van der Waals surface area (Å²) in [7, 11) is 0. The third kappa shape index (κ3) is 3.35. The molecule has 0 aliphatic carbocycles. The second-order valence-corrected chi connectivity index (χ2v) is 4.96. The molecule has 0 spiro atoms. The first-order valence-electron chi connectivity index (χ1n) is 6.54. The number of likely N-dealkylation sites (N-methyl/N-ethyl adjacent to an activating group) is 1. The Morgan fingerprint density at radius 3 is 2.55 bits per heavy atom. The fraction of sp³-hybridized carbons (Fsp3) is 0.250. The van der Waals surface area contributed by atoms with Crippen molar-refractivity contribution in [1.29, 1.82) is 0 Å². The van der Waals surface area contributed by atoms with Gasteiger partial charge in [0.05, 0.1) is 5.02 Å². The van der Waals surface area contributed by atoms with Crippen LogP contribution in [0.1, 0.15) is 24.1 Å². The zero-order chi connectivity index (χ0) is 14.5. The molecule has 20 heavy (non-hydrogen) atoms. The smallest absolute Gasteiger partial charge is 0.146 e. The van der Waals surface area contributed by atoms with E-state index in [1.165, 1.54) is 12.1 Å². The maximum absolute atomic E-state index is 14.1. The zero-order valence-corrected chi connectivity index (χ0v) is 11.9. The van der Waals surface area contributed by atoms with Crippen LogP contribution in [0.5, 0.6) is 0 Å². The summed E-state index contributed by atoms with van der Waals surface area (Å²) in [6, 6.07) is 11.1. The number of hydrogen-bond donors (Lipinski definition) is 1. The van der Waals surface area contributed by atoms with E-state index in [0.717, 1.165) is 0 Å². The highest BCUT2D eigenvalue weighted by molar-refractivity contribution is 6.30. The highest BCUT2D eigenvalue weighted by Gasteiger charge is 2.18. The summed E-state index contributed by atoms with van der Waals surface area (Å²) in [5.74, 6) is -0.728. The van der Waals surface area contributed by atoms with Crippen molar-refractivity contribution in [3.05, 3.63) is 70.2 Å². The minimum Gasteiger partial charge on any atom is -0.310 e. The normalized spacial score (nSPS) is 12.4. The molecule has 0 amide bonds. The molecule has 2 aromatic rings. The lowest BCUT2D eigenvalue weighted by atomic mass is 9.98. The van der Waals surface area contributed by atoms with E-state index in [-0.39, 0.29) is 16.9 Å². The van der Waals surface area contributed by atoms with Crippen LogP contribution < -0.4 is 5.32 Å². The zero-order valence-electron chi connectivity index (χ0n) is 11.2. The van der Waals surface area contributed by atoms with Gasteiger partial charge in [-0.05, 0) is 30.7 Å². The van der Waals surface area contributed by atoms with E-state index < -0.39 is 5.82 Å². The summed E-state index contributed by atoms with van der Waals surface area (Å²) in [6.07, 6.45) is 0.373. The fourth-order valence-corrected chi connectivity index (χ4v) is 2.39. The van der Waals surface area contributed by atoms with Crippen molar-refractivity contribution in [2.45, 2.75) is 19.4 Å². The van der Waals surface area contributed by atoms with E-state index in [1.54, 1.807) is 30.3 Å². The molecule has 1 unspecified atom stereocenters. The summed E-state index contributed by atoms with van der Waals surface area (Å²) >= 11 is 5.82. The van der Waals surface area contributed by atoms with E-state index >= 15 is 0 Å². The van der Waals surface area contributed by atoms with Crippen molar-refractivity contribution >= 4 is 11.6 Å². The summed E-state index contributed by atoms with van der Waals surface area (Å²) in [4.78, 5) is 0. The summed E-state index contributed by atoms with van der Waals surface area (Å²) < 4.78 is 27.9. The minimum absolute atomic E-state index is 0.0823. The second-order valence-electron chi connectivity index (χ2n) is 4.55. The molecule has 106 valence electrons. The standard InChI is InChI=1S/C16H16ClF2N/c1-2-20-15(10-11-6-3-4-9-14(11)18)12-7-5-8-13(17)16(12)19/h3-9,15,20H,2,10H2,1H3. The maximum Gasteiger partial charge on any atom is 0.146 e. The molecule has 1 nitrogen and oxygen atoms in total. The van der Waals surface area contributed by atoms with Crippen molar-refractivity contribution in [1.82, 2.24) is 5.32 Å². The van der Waals surface area contributed by atoms with Gasteiger partial charge in [0, 0.05) is 11.6 Å². The van der Waals surface area contributed by atoms with E-state index in [0.29, 0.717) is 24.1 Å². The first-order chi connectivity index (χ1) is 9.63. The number of rotatable bonds is 5. The molecule has 2 rings (SSSR count). The Kier molecular flexibility index (Phi) is 5.10. The third-order valence-corrected chi connectivity index (χ3v) is 3.48.